The Morgan fingerprint density at radius 3 is 1.43 bits per heavy atom. The van der Waals surface area contributed by atoms with E-state index in [1.165, 1.54) is 35.1 Å². The minimum atomic E-state index is 0.0192. The van der Waals surface area contributed by atoms with E-state index in [0.29, 0.717) is 5.92 Å². The molecule has 4 aromatic carbocycles. The Hall–Kier alpha value is -3.52. The predicted octanol–water partition coefficient (Wildman–Crippen LogP) is 8.33. The van der Waals surface area contributed by atoms with E-state index in [2.05, 4.69) is 91.9 Å². The highest BCUT2D eigenvalue weighted by Crippen LogP contribution is 2.43. The second-order valence-corrected chi connectivity index (χ2v) is 9.70. The van der Waals surface area contributed by atoms with Gasteiger partial charge in [0, 0.05) is 22.7 Å². The van der Waals surface area contributed by atoms with Crippen LogP contribution in [0.25, 0.3) is 0 Å². The molecule has 0 atom stereocenters. The van der Waals surface area contributed by atoms with Gasteiger partial charge in [-0.05, 0) is 65.8 Å². The van der Waals surface area contributed by atoms with Crippen LogP contribution in [0.15, 0.2) is 109 Å². The second-order valence-electron chi connectivity index (χ2n) is 9.70. The first kappa shape index (κ1) is 24.6. The van der Waals surface area contributed by atoms with E-state index in [-0.39, 0.29) is 5.41 Å². The van der Waals surface area contributed by atoms with Gasteiger partial charge >= 0.3 is 0 Å². The van der Waals surface area contributed by atoms with Crippen molar-refractivity contribution in [3.8, 4) is 0 Å². The Bertz CT molecular complexity index is 1060. The molecule has 35 heavy (non-hydrogen) atoms. The summed E-state index contributed by atoms with van der Waals surface area (Å²) in [5, 5.41) is 0. The minimum absolute atomic E-state index is 0.0192. The van der Waals surface area contributed by atoms with E-state index in [1.54, 1.807) is 0 Å². The average Bonchev–Trinajstić information content (AvgIpc) is 2.91. The van der Waals surface area contributed by atoms with Crippen LogP contribution in [0.2, 0.25) is 0 Å². The van der Waals surface area contributed by atoms with Crippen molar-refractivity contribution in [2.75, 3.05) is 11.5 Å². The zero-order chi connectivity index (χ0) is 24.5. The number of anilines is 2. The number of unbranched alkanes of at least 4 members (excludes halogenated alkanes) is 1. The van der Waals surface area contributed by atoms with E-state index in [4.69, 9.17) is 11.5 Å². The van der Waals surface area contributed by atoms with Gasteiger partial charge in [-0.3, -0.25) is 0 Å². The third kappa shape index (κ3) is 5.95. The lowest BCUT2D eigenvalue weighted by Gasteiger charge is -2.36. The van der Waals surface area contributed by atoms with E-state index in [0.717, 1.165) is 37.1 Å². The van der Waals surface area contributed by atoms with Gasteiger partial charge in [-0.2, -0.15) is 0 Å². The predicted molar refractivity (Wildman–Crippen MR) is 151 cm³/mol. The van der Waals surface area contributed by atoms with Crippen LogP contribution in [-0.4, -0.2) is 0 Å². The van der Waals surface area contributed by atoms with Gasteiger partial charge < -0.3 is 11.5 Å². The van der Waals surface area contributed by atoms with Crippen molar-refractivity contribution in [2.24, 2.45) is 0 Å². The standard InChI is InChI=1S/C33H38N2/c1-2-3-24-33(28-11-6-4-7-12-28,29-13-8-5-9-14-29)25-10-15-32(26-16-20-30(34)21-17-26)27-18-22-31(35)23-19-27/h4-9,11-14,16-23,32H,2-3,10,15,24-25,34-35H2,1H3. The van der Waals surface area contributed by atoms with E-state index in [9.17, 15) is 0 Å². The molecule has 0 unspecified atom stereocenters. The minimum Gasteiger partial charge on any atom is -0.399 e. The van der Waals surface area contributed by atoms with Crippen LogP contribution in [0.1, 0.15) is 73.6 Å². The van der Waals surface area contributed by atoms with Gasteiger partial charge in [0.2, 0.25) is 0 Å². The number of nitrogen functional groups attached to an aromatic ring is 2. The summed E-state index contributed by atoms with van der Waals surface area (Å²) >= 11 is 0. The molecule has 0 aliphatic carbocycles. The van der Waals surface area contributed by atoms with E-state index < -0.39 is 0 Å². The molecule has 0 aliphatic rings. The Balaban J connectivity index is 1.66. The zero-order valence-corrected chi connectivity index (χ0v) is 20.9. The van der Waals surface area contributed by atoms with Crippen molar-refractivity contribution in [1.29, 1.82) is 0 Å². The fourth-order valence-corrected chi connectivity index (χ4v) is 5.45. The molecule has 0 aromatic heterocycles. The lowest BCUT2D eigenvalue weighted by Crippen LogP contribution is -2.28. The van der Waals surface area contributed by atoms with Gasteiger partial charge in [0.1, 0.15) is 0 Å². The summed E-state index contributed by atoms with van der Waals surface area (Å²) in [5.41, 5.74) is 19.1. The van der Waals surface area contributed by atoms with Crippen molar-refractivity contribution < 1.29 is 0 Å². The van der Waals surface area contributed by atoms with Gasteiger partial charge in [-0.1, -0.05) is 111 Å². The van der Waals surface area contributed by atoms with Crippen molar-refractivity contribution in [1.82, 2.24) is 0 Å². The largest absolute Gasteiger partial charge is 0.399 e. The Labute approximate surface area is 211 Å². The number of benzene rings is 4. The molecule has 180 valence electrons. The Kier molecular flexibility index (Phi) is 8.26. The van der Waals surface area contributed by atoms with Crippen LogP contribution in [0.3, 0.4) is 0 Å². The molecule has 2 nitrogen and oxygen atoms in total. The second kappa shape index (κ2) is 11.8. The molecule has 0 fully saturated rings. The quantitative estimate of drug-likeness (QED) is 0.220. The first-order valence-corrected chi connectivity index (χ1v) is 12.9. The Morgan fingerprint density at radius 2 is 1.00 bits per heavy atom. The molecule has 4 N–H and O–H groups in total. The monoisotopic (exact) mass is 462 g/mol. The third-order valence-electron chi connectivity index (χ3n) is 7.38. The summed E-state index contributed by atoms with van der Waals surface area (Å²) in [6.07, 6.45) is 6.87. The van der Waals surface area contributed by atoms with E-state index in [1.807, 2.05) is 24.3 Å². The van der Waals surface area contributed by atoms with Crippen molar-refractivity contribution in [2.45, 2.75) is 56.8 Å². The summed E-state index contributed by atoms with van der Waals surface area (Å²) in [5.74, 6) is 0.312. The molecule has 0 bridgehead atoms. The molecule has 4 aromatic rings. The molecular formula is C33H38N2. The first-order chi connectivity index (χ1) is 17.1. The average molecular weight is 463 g/mol. The highest BCUT2D eigenvalue weighted by atomic mass is 14.5. The topological polar surface area (TPSA) is 52.0 Å². The normalized spacial score (nSPS) is 11.6. The highest BCUT2D eigenvalue weighted by molar-refractivity contribution is 5.46. The fourth-order valence-electron chi connectivity index (χ4n) is 5.45. The summed E-state index contributed by atoms with van der Waals surface area (Å²) in [4.78, 5) is 0. The molecule has 4 rings (SSSR count). The molecule has 0 heterocycles. The maximum absolute atomic E-state index is 6.00. The third-order valence-corrected chi connectivity index (χ3v) is 7.38. The summed E-state index contributed by atoms with van der Waals surface area (Å²) in [6.45, 7) is 2.29. The summed E-state index contributed by atoms with van der Waals surface area (Å²) < 4.78 is 0. The smallest absolute Gasteiger partial charge is 0.0314 e. The maximum Gasteiger partial charge on any atom is 0.0314 e. The van der Waals surface area contributed by atoms with Crippen LogP contribution in [0, 0.1) is 0 Å². The lowest BCUT2D eigenvalue weighted by molar-refractivity contribution is 0.398. The molecule has 0 amide bonds. The number of hydrogen-bond donors (Lipinski definition) is 2. The van der Waals surface area contributed by atoms with Gasteiger partial charge in [0.05, 0.1) is 0 Å². The SMILES string of the molecule is CCCCC(CCCC(c1ccc(N)cc1)c1ccc(N)cc1)(c1ccccc1)c1ccccc1. The van der Waals surface area contributed by atoms with Crippen molar-refractivity contribution >= 4 is 11.4 Å². The molecular weight excluding hydrogens is 424 g/mol. The molecule has 0 spiro atoms. The molecule has 0 saturated heterocycles. The van der Waals surface area contributed by atoms with Crippen LogP contribution in [-0.2, 0) is 5.41 Å². The molecule has 0 saturated carbocycles. The van der Waals surface area contributed by atoms with Crippen LogP contribution in [0.4, 0.5) is 11.4 Å². The van der Waals surface area contributed by atoms with Crippen molar-refractivity contribution in [3.05, 3.63) is 131 Å². The van der Waals surface area contributed by atoms with E-state index >= 15 is 0 Å². The maximum atomic E-state index is 6.00. The fraction of sp³-hybridized carbons (Fsp3) is 0.273. The Morgan fingerprint density at radius 1 is 0.571 bits per heavy atom. The summed E-state index contributed by atoms with van der Waals surface area (Å²) in [7, 11) is 0. The van der Waals surface area contributed by atoms with Gasteiger partial charge in [-0.25, -0.2) is 0 Å². The number of hydrogen-bond acceptors (Lipinski definition) is 2. The first-order valence-electron chi connectivity index (χ1n) is 12.9. The van der Waals surface area contributed by atoms with Gasteiger partial charge in [0.15, 0.2) is 0 Å². The number of nitrogens with two attached hydrogens (primary N) is 2. The molecule has 0 radical (unpaired) electrons. The van der Waals surface area contributed by atoms with Crippen LogP contribution < -0.4 is 11.5 Å². The van der Waals surface area contributed by atoms with Crippen molar-refractivity contribution in [3.63, 3.8) is 0 Å². The van der Waals surface area contributed by atoms with Crippen LogP contribution in [0.5, 0.6) is 0 Å². The zero-order valence-electron chi connectivity index (χ0n) is 20.9. The molecule has 0 aliphatic heterocycles. The highest BCUT2D eigenvalue weighted by Gasteiger charge is 2.33. The van der Waals surface area contributed by atoms with Gasteiger partial charge in [0.25, 0.3) is 0 Å². The molecule has 2 heteroatoms. The van der Waals surface area contributed by atoms with Crippen LogP contribution >= 0.6 is 0 Å². The summed E-state index contributed by atoms with van der Waals surface area (Å²) in [6, 6.07) is 39.0. The number of rotatable bonds is 11. The van der Waals surface area contributed by atoms with Gasteiger partial charge in [-0.15, -0.1) is 0 Å². The lowest BCUT2D eigenvalue weighted by atomic mass is 9.67.